The minimum Gasteiger partial charge on any atom is -0.493 e. The minimum absolute atomic E-state index is 0.104. The van der Waals surface area contributed by atoms with Gasteiger partial charge in [-0.1, -0.05) is 6.07 Å². The monoisotopic (exact) mass is 488 g/mol. The zero-order chi connectivity index (χ0) is 25.3. The molecule has 1 aliphatic heterocycles. The summed E-state index contributed by atoms with van der Waals surface area (Å²) in [5.74, 6) is -0.0362. The van der Waals surface area contributed by atoms with E-state index in [2.05, 4.69) is 10.4 Å². The Bertz CT molecular complexity index is 1270. The van der Waals surface area contributed by atoms with Crippen molar-refractivity contribution in [1.29, 1.82) is 0 Å². The second-order valence-corrected chi connectivity index (χ2v) is 7.96. The number of anilines is 1. The molecule has 0 spiro atoms. The lowest BCUT2D eigenvalue weighted by Crippen LogP contribution is -2.41. The second-order valence-electron chi connectivity index (χ2n) is 7.96. The van der Waals surface area contributed by atoms with Crippen LogP contribution in [0.4, 0.5) is 18.9 Å². The number of hydrogen-bond acceptors (Lipinski definition) is 5. The first kappa shape index (κ1) is 24.1. The molecule has 2 heterocycles. The fourth-order valence-electron chi connectivity index (χ4n) is 4.12. The number of methoxy groups -OCH3 is 2. The van der Waals surface area contributed by atoms with E-state index in [1.807, 2.05) is 0 Å². The van der Waals surface area contributed by atoms with Crippen LogP contribution < -0.4 is 19.7 Å². The Kier molecular flexibility index (Phi) is 6.42. The number of aromatic nitrogens is 2. The molecular formula is C24H23F3N4O4. The van der Waals surface area contributed by atoms with Crippen LogP contribution in [0.3, 0.4) is 0 Å². The molecule has 1 atom stereocenters. The van der Waals surface area contributed by atoms with Gasteiger partial charge >= 0.3 is 6.18 Å². The maximum atomic E-state index is 13.3. The summed E-state index contributed by atoms with van der Waals surface area (Å²) >= 11 is 0. The molecule has 0 bridgehead atoms. The molecule has 1 aromatic heterocycles. The predicted molar refractivity (Wildman–Crippen MR) is 121 cm³/mol. The first-order valence-electron chi connectivity index (χ1n) is 10.7. The van der Waals surface area contributed by atoms with Crippen LogP contribution in [-0.2, 0) is 13.2 Å². The molecular weight excluding hydrogens is 465 g/mol. The molecule has 8 nitrogen and oxygen atoms in total. The van der Waals surface area contributed by atoms with Gasteiger partial charge < -0.3 is 19.7 Å². The minimum atomic E-state index is -4.55. The highest BCUT2D eigenvalue weighted by atomic mass is 19.4. The van der Waals surface area contributed by atoms with Gasteiger partial charge in [-0.3, -0.25) is 14.3 Å². The summed E-state index contributed by atoms with van der Waals surface area (Å²) in [5.41, 5.74) is 0.455. The summed E-state index contributed by atoms with van der Waals surface area (Å²) in [6.07, 6.45) is -2.69. The van der Waals surface area contributed by atoms with Gasteiger partial charge in [0.1, 0.15) is 0 Å². The van der Waals surface area contributed by atoms with Crippen molar-refractivity contribution in [1.82, 2.24) is 15.1 Å². The van der Waals surface area contributed by atoms with Gasteiger partial charge in [0.05, 0.1) is 43.4 Å². The van der Waals surface area contributed by atoms with Gasteiger partial charge in [-0.25, -0.2) is 0 Å². The SMILES string of the molecule is COc1ccc(C(=O)N2CCC(NC(=O)c3cccc(C(F)(F)F)c3)c3c2cnn3C)cc1OC. The molecule has 1 N–H and O–H groups in total. The van der Waals surface area contributed by atoms with Crippen LogP contribution in [0.1, 0.15) is 44.4 Å². The lowest BCUT2D eigenvalue weighted by Gasteiger charge is -2.32. The van der Waals surface area contributed by atoms with E-state index in [0.717, 1.165) is 12.1 Å². The normalized spacial score (nSPS) is 15.4. The number of nitrogens with one attached hydrogen (secondary N) is 1. The molecule has 3 aromatic rings. The number of halogens is 3. The summed E-state index contributed by atoms with van der Waals surface area (Å²) in [7, 11) is 4.65. The summed E-state index contributed by atoms with van der Waals surface area (Å²) in [6.45, 7) is 0.263. The number of aryl methyl sites for hydroxylation is 1. The van der Waals surface area contributed by atoms with E-state index in [4.69, 9.17) is 9.47 Å². The van der Waals surface area contributed by atoms with Crippen LogP contribution in [0.5, 0.6) is 11.5 Å². The van der Waals surface area contributed by atoms with Crippen molar-refractivity contribution in [3.05, 3.63) is 71.0 Å². The molecule has 2 aromatic carbocycles. The maximum Gasteiger partial charge on any atom is 0.416 e. The van der Waals surface area contributed by atoms with Crippen molar-refractivity contribution in [2.24, 2.45) is 7.05 Å². The average Bonchev–Trinajstić information content (AvgIpc) is 3.24. The molecule has 0 saturated carbocycles. The number of amides is 2. The van der Waals surface area contributed by atoms with E-state index in [-0.39, 0.29) is 18.0 Å². The molecule has 35 heavy (non-hydrogen) atoms. The maximum absolute atomic E-state index is 13.3. The fourth-order valence-corrected chi connectivity index (χ4v) is 4.12. The van der Waals surface area contributed by atoms with Crippen molar-refractivity contribution in [3.63, 3.8) is 0 Å². The number of alkyl halides is 3. The number of nitrogens with zero attached hydrogens (tertiary/aromatic N) is 3. The Balaban J connectivity index is 1.59. The van der Waals surface area contributed by atoms with Gasteiger partial charge in [0, 0.05) is 24.7 Å². The van der Waals surface area contributed by atoms with Gasteiger partial charge in [0.15, 0.2) is 11.5 Å². The smallest absolute Gasteiger partial charge is 0.416 e. The van der Waals surface area contributed by atoms with E-state index in [9.17, 15) is 22.8 Å². The molecule has 0 aliphatic carbocycles. The van der Waals surface area contributed by atoms with Gasteiger partial charge in [0.25, 0.3) is 11.8 Å². The lowest BCUT2D eigenvalue weighted by atomic mass is 10.0. The van der Waals surface area contributed by atoms with Crippen molar-refractivity contribution in [3.8, 4) is 11.5 Å². The Hall–Kier alpha value is -4.02. The van der Waals surface area contributed by atoms with E-state index >= 15 is 0 Å². The summed E-state index contributed by atoms with van der Waals surface area (Å²) in [4.78, 5) is 27.7. The molecule has 4 rings (SSSR count). The second kappa shape index (κ2) is 9.32. The van der Waals surface area contributed by atoms with Crippen LogP contribution in [-0.4, -0.2) is 42.4 Å². The highest BCUT2D eigenvalue weighted by molar-refractivity contribution is 6.07. The van der Waals surface area contributed by atoms with E-state index in [1.54, 1.807) is 34.8 Å². The number of benzene rings is 2. The third-order valence-corrected chi connectivity index (χ3v) is 5.86. The molecule has 0 saturated heterocycles. The molecule has 0 fully saturated rings. The van der Waals surface area contributed by atoms with Crippen molar-refractivity contribution < 1.29 is 32.2 Å². The molecule has 1 aliphatic rings. The number of carbonyl (C=O) groups excluding carboxylic acids is 2. The Morgan fingerprint density at radius 3 is 2.49 bits per heavy atom. The standard InChI is InChI=1S/C24H23F3N4O4/c1-30-21-17(29-22(32)14-5-4-6-16(11-14)24(25,26)27)9-10-31(18(21)13-28-30)23(33)15-7-8-19(34-2)20(12-15)35-3/h4-8,11-13,17H,9-10H2,1-3H3,(H,29,32). The van der Waals surface area contributed by atoms with E-state index in [1.165, 1.54) is 32.5 Å². The van der Waals surface area contributed by atoms with Crippen LogP contribution in [0, 0.1) is 0 Å². The zero-order valence-electron chi connectivity index (χ0n) is 19.2. The molecule has 0 radical (unpaired) electrons. The number of rotatable bonds is 5. The molecule has 1 unspecified atom stereocenters. The van der Waals surface area contributed by atoms with E-state index in [0.29, 0.717) is 34.9 Å². The third-order valence-electron chi connectivity index (χ3n) is 5.86. The zero-order valence-corrected chi connectivity index (χ0v) is 19.2. The van der Waals surface area contributed by atoms with Gasteiger partial charge in [-0.05, 0) is 42.8 Å². The molecule has 11 heteroatoms. The van der Waals surface area contributed by atoms with Crippen molar-refractivity contribution >= 4 is 17.5 Å². The molecule has 2 amide bonds. The van der Waals surface area contributed by atoms with Crippen molar-refractivity contribution in [2.75, 3.05) is 25.7 Å². The third kappa shape index (κ3) is 4.66. The number of hydrogen-bond donors (Lipinski definition) is 1. The van der Waals surface area contributed by atoms with Gasteiger partial charge in [-0.15, -0.1) is 0 Å². The summed E-state index contributed by atoms with van der Waals surface area (Å²) in [5, 5.41) is 7.03. The Labute approximate surface area is 199 Å². The largest absolute Gasteiger partial charge is 0.493 e. The predicted octanol–water partition coefficient (Wildman–Crippen LogP) is 3.98. The highest BCUT2D eigenvalue weighted by Gasteiger charge is 2.34. The van der Waals surface area contributed by atoms with Crippen LogP contribution in [0.15, 0.2) is 48.7 Å². The number of fused-ring (bicyclic) bond motifs is 1. The van der Waals surface area contributed by atoms with Crippen LogP contribution >= 0.6 is 0 Å². The Morgan fingerprint density at radius 1 is 1.06 bits per heavy atom. The lowest BCUT2D eigenvalue weighted by molar-refractivity contribution is -0.137. The van der Waals surface area contributed by atoms with Crippen LogP contribution in [0.25, 0.3) is 0 Å². The highest BCUT2D eigenvalue weighted by Crippen LogP contribution is 2.36. The first-order valence-corrected chi connectivity index (χ1v) is 10.7. The summed E-state index contributed by atoms with van der Waals surface area (Å²) < 4.78 is 51.2. The molecule has 184 valence electrons. The van der Waals surface area contributed by atoms with Crippen LogP contribution in [0.2, 0.25) is 0 Å². The quantitative estimate of drug-likeness (QED) is 0.587. The Morgan fingerprint density at radius 2 is 1.80 bits per heavy atom. The van der Waals surface area contributed by atoms with Crippen molar-refractivity contribution in [2.45, 2.75) is 18.6 Å². The number of ether oxygens (including phenoxy) is 2. The summed E-state index contributed by atoms with van der Waals surface area (Å²) in [6, 6.07) is 8.54. The van der Waals surface area contributed by atoms with Gasteiger partial charge in [0.2, 0.25) is 0 Å². The topological polar surface area (TPSA) is 85.7 Å². The fraction of sp³-hybridized carbons (Fsp3) is 0.292. The van der Waals surface area contributed by atoms with Gasteiger partial charge in [-0.2, -0.15) is 18.3 Å². The average molecular weight is 488 g/mol. The first-order chi connectivity index (χ1) is 16.6. The number of carbonyl (C=O) groups is 2. The van der Waals surface area contributed by atoms with E-state index < -0.39 is 23.7 Å².